The summed E-state index contributed by atoms with van der Waals surface area (Å²) in [5, 5.41) is 15.2. The molecule has 2 aromatic rings. The second-order valence-corrected chi connectivity index (χ2v) is 10.7. The van der Waals surface area contributed by atoms with Crippen molar-refractivity contribution in [3.05, 3.63) is 59.7 Å². The topological polar surface area (TPSA) is 105 Å². The lowest BCUT2D eigenvalue weighted by atomic mass is 9.84. The number of carboxylic acids is 1. The maximum atomic E-state index is 12.4. The van der Waals surface area contributed by atoms with E-state index in [1.807, 2.05) is 24.3 Å². The second-order valence-electron chi connectivity index (χ2n) is 9.60. The van der Waals surface area contributed by atoms with Crippen LogP contribution in [0, 0.1) is 17.8 Å². The quantitative estimate of drug-likeness (QED) is 0.457. The molecule has 2 aromatic carbocycles. The highest BCUT2D eigenvalue weighted by molar-refractivity contribution is 7.99. The van der Waals surface area contributed by atoms with Gasteiger partial charge < -0.3 is 20.5 Å². The maximum absolute atomic E-state index is 12.4. The van der Waals surface area contributed by atoms with Gasteiger partial charge in [-0.15, -0.1) is 0 Å². The molecule has 3 N–H and O–H groups in total. The SMILES string of the molecule is O=C(CSCCNC(=O)OCC1c2ccccc2-c2ccccc21)NC1C2CCC(C2)C1C(=O)O. The summed E-state index contributed by atoms with van der Waals surface area (Å²) < 4.78 is 5.52. The van der Waals surface area contributed by atoms with Gasteiger partial charge in [0.15, 0.2) is 0 Å². The molecule has 2 fully saturated rings. The number of carbonyl (C=O) groups excluding carboxylic acids is 2. The Morgan fingerprint density at radius 1 is 0.971 bits per heavy atom. The largest absolute Gasteiger partial charge is 0.481 e. The fraction of sp³-hybridized carbons (Fsp3) is 0.444. The predicted molar refractivity (Wildman–Crippen MR) is 134 cm³/mol. The molecule has 2 bridgehead atoms. The van der Waals surface area contributed by atoms with Crippen molar-refractivity contribution in [2.75, 3.05) is 24.7 Å². The Bertz CT molecular complexity index is 1080. The average Bonchev–Trinajstić information content (AvgIpc) is 3.54. The highest BCUT2D eigenvalue weighted by atomic mass is 32.2. The number of nitrogens with one attached hydrogen (secondary N) is 2. The van der Waals surface area contributed by atoms with Gasteiger partial charge in [0, 0.05) is 24.3 Å². The first-order valence-corrected chi connectivity index (χ1v) is 13.4. The second kappa shape index (κ2) is 10.3. The molecule has 0 heterocycles. The van der Waals surface area contributed by atoms with Crippen LogP contribution in [0.15, 0.2) is 48.5 Å². The van der Waals surface area contributed by atoms with E-state index in [1.54, 1.807) is 0 Å². The minimum Gasteiger partial charge on any atom is -0.481 e. The van der Waals surface area contributed by atoms with Crippen LogP contribution in [0.25, 0.3) is 11.1 Å². The fourth-order valence-corrected chi connectivity index (χ4v) is 6.78. The third kappa shape index (κ3) is 4.89. The molecule has 2 saturated carbocycles. The van der Waals surface area contributed by atoms with Crippen LogP contribution in [0.1, 0.15) is 36.3 Å². The van der Waals surface area contributed by atoms with E-state index in [1.165, 1.54) is 34.0 Å². The number of aliphatic carboxylic acids is 1. The molecular formula is C27H30N2O5S. The van der Waals surface area contributed by atoms with Crippen LogP contribution in [0.5, 0.6) is 0 Å². The van der Waals surface area contributed by atoms with Gasteiger partial charge in [-0.3, -0.25) is 9.59 Å². The number of hydrogen-bond acceptors (Lipinski definition) is 5. The summed E-state index contributed by atoms with van der Waals surface area (Å²) in [7, 11) is 0. The highest BCUT2D eigenvalue weighted by Gasteiger charge is 2.51. The third-order valence-corrected chi connectivity index (χ3v) is 8.58. The highest BCUT2D eigenvalue weighted by Crippen LogP contribution is 2.48. The summed E-state index contributed by atoms with van der Waals surface area (Å²) in [6.45, 7) is 0.657. The summed E-state index contributed by atoms with van der Waals surface area (Å²) in [5.41, 5.74) is 4.71. The number of alkyl carbamates (subject to hydrolysis) is 1. The Morgan fingerprint density at radius 3 is 2.31 bits per heavy atom. The molecule has 3 aliphatic rings. The van der Waals surface area contributed by atoms with E-state index < -0.39 is 18.0 Å². The lowest BCUT2D eigenvalue weighted by Crippen LogP contribution is -2.47. The van der Waals surface area contributed by atoms with Crippen molar-refractivity contribution in [2.24, 2.45) is 17.8 Å². The molecule has 7 nitrogen and oxygen atoms in total. The van der Waals surface area contributed by atoms with Crippen LogP contribution < -0.4 is 10.6 Å². The zero-order valence-corrected chi connectivity index (χ0v) is 20.3. The average molecular weight is 495 g/mol. The van der Waals surface area contributed by atoms with Gasteiger partial charge in [0.1, 0.15) is 6.61 Å². The van der Waals surface area contributed by atoms with Crippen LogP contribution in [-0.2, 0) is 14.3 Å². The molecule has 3 aliphatic carbocycles. The minimum absolute atomic E-state index is 0.0201. The Labute approximate surface area is 209 Å². The van der Waals surface area contributed by atoms with Crippen molar-refractivity contribution in [3.8, 4) is 11.1 Å². The lowest BCUT2D eigenvalue weighted by Gasteiger charge is -2.28. The summed E-state index contributed by atoms with van der Waals surface area (Å²) in [6, 6.07) is 16.2. The van der Waals surface area contributed by atoms with Crippen LogP contribution >= 0.6 is 11.8 Å². The number of thioether (sulfide) groups is 1. The predicted octanol–water partition coefficient (Wildman–Crippen LogP) is 3.87. The van der Waals surface area contributed by atoms with Gasteiger partial charge in [-0.1, -0.05) is 48.5 Å². The van der Waals surface area contributed by atoms with Crippen LogP contribution in [-0.4, -0.2) is 53.8 Å². The first-order valence-electron chi connectivity index (χ1n) is 12.2. The molecule has 0 aromatic heterocycles. The molecule has 0 saturated heterocycles. The van der Waals surface area contributed by atoms with Gasteiger partial charge in [0.2, 0.25) is 5.91 Å². The van der Waals surface area contributed by atoms with E-state index in [9.17, 15) is 19.5 Å². The van der Waals surface area contributed by atoms with E-state index in [4.69, 9.17) is 4.74 Å². The monoisotopic (exact) mass is 494 g/mol. The Morgan fingerprint density at radius 2 is 1.63 bits per heavy atom. The van der Waals surface area contributed by atoms with Gasteiger partial charge in [0.25, 0.3) is 0 Å². The van der Waals surface area contributed by atoms with E-state index in [0.717, 1.165) is 19.3 Å². The standard InChI is InChI=1S/C27H30N2O5S/c30-23(29-25-17-10-9-16(13-17)24(25)26(31)32)15-35-12-11-28-27(33)34-14-22-20-7-3-1-5-18(20)19-6-2-4-8-21(19)22/h1-8,16-17,22,24-25H,9-15H2,(H,28,33)(H,29,30)(H,31,32). The smallest absolute Gasteiger partial charge is 0.407 e. The van der Waals surface area contributed by atoms with E-state index in [0.29, 0.717) is 12.3 Å². The van der Waals surface area contributed by atoms with Crippen molar-refractivity contribution in [1.29, 1.82) is 0 Å². The summed E-state index contributed by atoms with van der Waals surface area (Å²) >= 11 is 1.41. The van der Waals surface area contributed by atoms with Crippen molar-refractivity contribution >= 4 is 29.7 Å². The number of fused-ring (bicyclic) bond motifs is 5. The molecule has 2 amide bonds. The van der Waals surface area contributed by atoms with E-state index in [2.05, 4.69) is 34.9 Å². The van der Waals surface area contributed by atoms with Gasteiger partial charge in [-0.2, -0.15) is 11.8 Å². The number of ether oxygens (including phenoxy) is 1. The minimum atomic E-state index is -0.803. The molecule has 184 valence electrons. The van der Waals surface area contributed by atoms with Crippen LogP contribution in [0.2, 0.25) is 0 Å². The van der Waals surface area contributed by atoms with Crippen molar-refractivity contribution in [1.82, 2.24) is 10.6 Å². The van der Waals surface area contributed by atoms with Gasteiger partial charge in [0.05, 0.1) is 11.7 Å². The fourth-order valence-electron chi connectivity index (χ4n) is 6.12. The summed E-state index contributed by atoms with van der Waals surface area (Å²) in [4.78, 5) is 36.2. The Kier molecular flexibility index (Phi) is 7.00. The molecular weight excluding hydrogens is 464 g/mol. The number of rotatable bonds is 9. The summed E-state index contributed by atoms with van der Waals surface area (Å²) in [6.07, 6.45) is 2.38. The molecule has 0 spiro atoms. The maximum Gasteiger partial charge on any atom is 0.407 e. The van der Waals surface area contributed by atoms with Crippen molar-refractivity contribution in [2.45, 2.75) is 31.2 Å². The molecule has 0 radical (unpaired) electrons. The number of carbonyl (C=O) groups is 3. The molecule has 0 aliphatic heterocycles. The van der Waals surface area contributed by atoms with Crippen molar-refractivity contribution in [3.63, 3.8) is 0 Å². The normalized spacial score (nSPS) is 24.0. The molecule has 8 heteroatoms. The van der Waals surface area contributed by atoms with Crippen LogP contribution in [0.4, 0.5) is 4.79 Å². The van der Waals surface area contributed by atoms with E-state index in [-0.39, 0.29) is 42.1 Å². The zero-order valence-electron chi connectivity index (χ0n) is 19.4. The summed E-state index contributed by atoms with van der Waals surface area (Å²) in [5.74, 6) is -0.0994. The molecule has 4 atom stereocenters. The molecule has 35 heavy (non-hydrogen) atoms. The van der Waals surface area contributed by atoms with E-state index >= 15 is 0 Å². The zero-order chi connectivity index (χ0) is 24.4. The van der Waals surface area contributed by atoms with Gasteiger partial charge in [-0.25, -0.2) is 4.79 Å². The lowest BCUT2D eigenvalue weighted by molar-refractivity contribution is -0.144. The number of hydrogen-bond donors (Lipinski definition) is 3. The van der Waals surface area contributed by atoms with Gasteiger partial charge >= 0.3 is 12.1 Å². The Balaban J connectivity index is 1.02. The molecule has 4 unspecified atom stereocenters. The van der Waals surface area contributed by atoms with Gasteiger partial charge in [-0.05, 0) is 53.4 Å². The number of amides is 2. The number of benzene rings is 2. The first-order chi connectivity index (χ1) is 17.0. The molecule has 5 rings (SSSR count). The third-order valence-electron chi connectivity index (χ3n) is 7.62. The van der Waals surface area contributed by atoms with Crippen molar-refractivity contribution < 1.29 is 24.2 Å². The van der Waals surface area contributed by atoms with Crippen LogP contribution in [0.3, 0.4) is 0 Å². The first kappa shape index (κ1) is 23.7. The Hall–Kier alpha value is -3.00. The number of carboxylic acid groups (broad SMARTS) is 1.